The molecule has 0 unspecified atom stereocenters. The Labute approximate surface area is 115 Å². The fraction of sp³-hybridized carbons (Fsp3) is 0. The van der Waals surface area contributed by atoms with Crippen LogP contribution < -0.4 is 11.1 Å². The molecule has 98 valence electrons. The Morgan fingerprint density at radius 2 is 1.80 bits per heavy atom. The lowest BCUT2D eigenvalue weighted by molar-refractivity contribution is 1.16. The van der Waals surface area contributed by atoms with Gasteiger partial charge in [0.2, 0.25) is 5.95 Å². The van der Waals surface area contributed by atoms with Crippen LogP contribution in [0.2, 0.25) is 0 Å². The topological polar surface area (TPSA) is 89.6 Å². The van der Waals surface area contributed by atoms with Gasteiger partial charge in [-0.25, -0.2) is 4.98 Å². The van der Waals surface area contributed by atoms with Crippen molar-refractivity contribution in [2.45, 2.75) is 0 Å². The van der Waals surface area contributed by atoms with Crippen LogP contribution in [0.25, 0.3) is 11.3 Å². The molecular weight excluding hydrogens is 252 g/mol. The van der Waals surface area contributed by atoms with Gasteiger partial charge in [-0.05, 0) is 24.3 Å². The summed E-state index contributed by atoms with van der Waals surface area (Å²) >= 11 is 0. The molecule has 0 fully saturated rings. The minimum Gasteiger partial charge on any atom is -0.383 e. The molecule has 6 heteroatoms. The summed E-state index contributed by atoms with van der Waals surface area (Å²) < 4.78 is 0. The van der Waals surface area contributed by atoms with Gasteiger partial charge < -0.3 is 11.1 Å². The SMILES string of the molecule is Nc1nc(Nc2ccncc2)ncc1-c1ccccn1. The molecule has 0 aliphatic rings. The van der Waals surface area contributed by atoms with E-state index in [1.807, 2.05) is 30.3 Å². The van der Waals surface area contributed by atoms with Gasteiger partial charge in [0.05, 0.1) is 11.3 Å². The highest BCUT2D eigenvalue weighted by Gasteiger charge is 2.07. The first kappa shape index (κ1) is 12.0. The Morgan fingerprint density at radius 3 is 2.50 bits per heavy atom. The average Bonchev–Trinajstić information content (AvgIpc) is 2.49. The Morgan fingerprint density at radius 1 is 0.950 bits per heavy atom. The maximum Gasteiger partial charge on any atom is 0.229 e. The monoisotopic (exact) mass is 264 g/mol. The van der Waals surface area contributed by atoms with Crippen LogP contribution in [0.4, 0.5) is 17.5 Å². The van der Waals surface area contributed by atoms with E-state index in [0.717, 1.165) is 11.4 Å². The van der Waals surface area contributed by atoms with Gasteiger partial charge in [-0.15, -0.1) is 0 Å². The van der Waals surface area contributed by atoms with E-state index >= 15 is 0 Å². The molecule has 0 atom stereocenters. The van der Waals surface area contributed by atoms with E-state index in [2.05, 4.69) is 25.3 Å². The van der Waals surface area contributed by atoms with Crippen LogP contribution >= 0.6 is 0 Å². The Bertz CT molecular complexity index is 699. The zero-order valence-electron chi connectivity index (χ0n) is 10.6. The maximum absolute atomic E-state index is 5.96. The van der Waals surface area contributed by atoms with Crippen molar-refractivity contribution in [1.29, 1.82) is 0 Å². The Hall–Kier alpha value is -3.02. The third kappa shape index (κ3) is 2.54. The van der Waals surface area contributed by atoms with E-state index < -0.39 is 0 Å². The molecule has 0 saturated heterocycles. The molecule has 0 saturated carbocycles. The second-order valence-corrected chi connectivity index (χ2v) is 4.07. The number of aromatic nitrogens is 4. The number of nitrogens with zero attached hydrogens (tertiary/aromatic N) is 4. The molecule has 0 aliphatic heterocycles. The molecule has 0 radical (unpaired) electrons. The Kier molecular flexibility index (Phi) is 3.20. The number of pyridine rings is 2. The summed E-state index contributed by atoms with van der Waals surface area (Å²) in [5.41, 5.74) is 8.28. The van der Waals surface area contributed by atoms with Crippen LogP contribution in [0, 0.1) is 0 Å². The van der Waals surface area contributed by atoms with Crippen molar-refractivity contribution in [3.05, 3.63) is 55.1 Å². The smallest absolute Gasteiger partial charge is 0.229 e. The van der Waals surface area contributed by atoms with Gasteiger partial charge in [-0.3, -0.25) is 9.97 Å². The number of hydrogen-bond acceptors (Lipinski definition) is 6. The third-order valence-electron chi connectivity index (χ3n) is 2.70. The van der Waals surface area contributed by atoms with E-state index in [1.54, 1.807) is 24.8 Å². The number of nitrogen functional groups attached to an aromatic ring is 1. The third-order valence-corrected chi connectivity index (χ3v) is 2.70. The van der Waals surface area contributed by atoms with Crippen LogP contribution in [0.5, 0.6) is 0 Å². The molecule has 3 aromatic rings. The fourth-order valence-corrected chi connectivity index (χ4v) is 1.74. The number of hydrogen-bond donors (Lipinski definition) is 2. The molecule has 20 heavy (non-hydrogen) atoms. The second-order valence-electron chi connectivity index (χ2n) is 4.07. The molecule has 0 amide bonds. The van der Waals surface area contributed by atoms with Crippen molar-refractivity contribution < 1.29 is 0 Å². The molecule has 3 heterocycles. The van der Waals surface area contributed by atoms with Crippen LogP contribution in [0.1, 0.15) is 0 Å². The lowest BCUT2D eigenvalue weighted by Crippen LogP contribution is -2.02. The van der Waals surface area contributed by atoms with Crippen molar-refractivity contribution in [3.8, 4) is 11.3 Å². The molecule has 0 aliphatic carbocycles. The van der Waals surface area contributed by atoms with Gasteiger partial charge >= 0.3 is 0 Å². The first-order chi connectivity index (χ1) is 9.83. The highest BCUT2D eigenvalue weighted by molar-refractivity contribution is 5.71. The van der Waals surface area contributed by atoms with Crippen molar-refractivity contribution in [1.82, 2.24) is 19.9 Å². The predicted octanol–water partition coefficient (Wildman–Crippen LogP) is 2.26. The number of nitrogens with two attached hydrogens (primary N) is 1. The Balaban J connectivity index is 1.88. The molecule has 0 spiro atoms. The molecule has 3 rings (SSSR count). The first-order valence-electron chi connectivity index (χ1n) is 6.04. The van der Waals surface area contributed by atoms with Crippen molar-refractivity contribution in [3.63, 3.8) is 0 Å². The van der Waals surface area contributed by atoms with Crippen molar-refractivity contribution in [2.24, 2.45) is 0 Å². The van der Waals surface area contributed by atoms with Crippen LogP contribution in [-0.2, 0) is 0 Å². The van der Waals surface area contributed by atoms with E-state index in [-0.39, 0.29) is 0 Å². The maximum atomic E-state index is 5.96. The first-order valence-corrected chi connectivity index (χ1v) is 6.04. The van der Waals surface area contributed by atoms with E-state index in [4.69, 9.17) is 5.73 Å². The van der Waals surface area contributed by atoms with E-state index in [9.17, 15) is 0 Å². The molecular formula is C14H12N6. The highest BCUT2D eigenvalue weighted by Crippen LogP contribution is 2.22. The van der Waals surface area contributed by atoms with Gasteiger partial charge in [0.1, 0.15) is 5.82 Å². The van der Waals surface area contributed by atoms with Gasteiger partial charge in [0, 0.05) is 30.5 Å². The minimum absolute atomic E-state index is 0.384. The second kappa shape index (κ2) is 5.31. The zero-order valence-corrected chi connectivity index (χ0v) is 10.6. The zero-order chi connectivity index (χ0) is 13.8. The van der Waals surface area contributed by atoms with E-state index in [1.165, 1.54) is 0 Å². The fourth-order valence-electron chi connectivity index (χ4n) is 1.74. The van der Waals surface area contributed by atoms with Gasteiger partial charge in [-0.2, -0.15) is 4.98 Å². The molecule has 3 aromatic heterocycles. The van der Waals surface area contributed by atoms with Crippen LogP contribution in [0.3, 0.4) is 0 Å². The summed E-state index contributed by atoms with van der Waals surface area (Å²) in [6, 6.07) is 9.26. The largest absolute Gasteiger partial charge is 0.383 e. The van der Waals surface area contributed by atoms with Gasteiger partial charge in [0.25, 0.3) is 0 Å². The van der Waals surface area contributed by atoms with Gasteiger partial charge in [-0.1, -0.05) is 6.07 Å². The molecule has 0 bridgehead atoms. The summed E-state index contributed by atoms with van der Waals surface area (Å²) in [6.45, 7) is 0. The predicted molar refractivity (Wildman–Crippen MR) is 77.2 cm³/mol. The van der Waals surface area contributed by atoms with Crippen LogP contribution in [-0.4, -0.2) is 19.9 Å². The summed E-state index contributed by atoms with van der Waals surface area (Å²) in [5.74, 6) is 0.823. The standard InChI is InChI=1S/C14H12N6/c15-13-11(12-3-1-2-6-17-12)9-18-14(20-13)19-10-4-7-16-8-5-10/h1-9H,(H3,15,16,18,19,20). The lowest BCUT2D eigenvalue weighted by Gasteiger charge is -2.07. The van der Waals surface area contributed by atoms with Gasteiger partial charge in [0.15, 0.2) is 0 Å². The van der Waals surface area contributed by atoms with Crippen molar-refractivity contribution in [2.75, 3.05) is 11.1 Å². The molecule has 3 N–H and O–H groups in total. The number of rotatable bonds is 3. The number of anilines is 3. The normalized spacial score (nSPS) is 10.2. The van der Waals surface area contributed by atoms with E-state index in [0.29, 0.717) is 17.3 Å². The molecule has 0 aromatic carbocycles. The van der Waals surface area contributed by atoms with Crippen LogP contribution in [0.15, 0.2) is 55.1 Å². The summed E-state index contributed by atoms with van der Waals surface area (Å²) in [5, 5.41) is 3.06. The summed E-state index contributed by atoms with van der Waals surface area (Å²) in [4.78, 5) is 16.7. The number of nitrogens with one attached hydrogen (secondary N) is 1. The quantitative estimate of drug-likeness (QED) is 0.754. The lowest BCUT2D eigenvalue weighted by atomic mass is 10.2. The summed E-state index contributed by atoms with van der Waals surface area (Å²) in [6.07, 6.45) is 6.74. The molecule has 6 nitrogen and oxygen atoms in total. The highest BCUT2D eigenvalue weighted by atomic mass is 15.1. The van der Waals surface area contributed by atoms with Crippen molar-refractivity contribution >= 4 is 17.5 Å². The minimum atomic E-state index is 0.384. The summed E-state index contributed by atoms with van der Waals surface area (Å²) in [7, 11) is 0. The average molecular weight is 264 g/mol.